The molecule has 3 aromatic rings. The second kappa shape index (κ2) is 5.24. The number of aromatic nitrogens is 4. The minimum atomic E-state index is -0.0743. The summed E-state index contributed by atoms with van der Waals surface area (Å²) in [6.07, 6.45) is 1.89. The lowest BCUT2D eigenvalue weighted by atomic mass is 10.2. The maximum atomic E-state index is 12.4. The van der Waals surface area contributed by atoms with E-state index in [9.17, 15) is 4.79 Å². The summed E-state index contributed by atoms with van der Waals surface area (Å²) < 4.78 is 1.75. The Morgan fingerprint density at radius 3 is 2.77 bits per heavy atom. The highest BCUT2D eigenvalue weighted by Gasteiger charge is 2.19. The Hall–Kier alpha value is -2.15. The van der Waals surface area contributed by atoms with Crippen LogP contribution in [-0.4, -0.2) is 26.8 Å². The number of aromatic amines is 1. The van der Waals surface area contributed by atoms with Gasteiger partial charge in [-0.05, 0) is 26.3 Å². The third-order valence-electron chi connectivity index (χ3n) is 4.09. The summed E-state index contributed by atoms with van der Waals surface area (Å²) in [5.41, 5.74) is 0.953. The molecule has 0 saturated carbocycles. The van der Waals surface area contributed by atoms with Gasteiger partial charge in [-0.2, -0.15) is 5.10 Å². The van der Waals surface area contributed by atoms with Gasteiger partial charge in [0.25, 0.3) is 5.56 Å². The molecule has 6 nitrogen and oxygen atoms in total. The van der Waals surface area contributed by atoms with Crippen LogP contribution in [0.4, 0.5) is 5.82 Å². The number of hydrogen-bond donors (Lipinski definition) is 1. The number of rotatable bonds is 3. The van der Waals surface area contributed by atoms with Gasteiger partial charge in [0.05, 0.1) is 11.4 Å². The van der Waals surface area contributed by atoms with E-state index in [-0.39, 0.29) is 11.6 Å². The fraction of sp³-hybridized carbons (Fsp3) is 0.400. The zero-order valence-electron chi connectivity index (χ0n) is 13.3. The zero-order valence-corrected chi connectivity index (χ0v) is 14.2. The predicted octanol–water partition coefficient (Wildman–Crippen LogP) is 2.53. The van der Waals surface area contributed by atoms with Gasteiger partial charge in [0, 0.05) is 31.2 Å². The summed E-state index contributed by atoms with van der Waals surface area (Å²) in [4.78, 5) is 23.9. The van der Waals surface area contributed by atoms with Gasteiger partial charge in [0.2, 0.25) is 0 Å². The van der Waals surface area contributed by atoms with Crippen molar-refractivity contribution < 1.29 is 0 Å². The van der Waals surface area contributed by atoms with Gasteiger partial charge in [-0.3, -0.25) is 9.48 Å². The molecule has 0 amide bonds. The van der Waals surface area contributed by atoms with Crippen molar-refractivity contribution in [3.8, 4) is 0 Å². The van der Waals surface area contributed by atoms with Crippen LogP contribution in [-0.2, 0) is 7.05 Å². The Morgan fingerprint density at radius 1 is 1.41 bits per heavy atom. The Kier molecular flexibility index (Phi) is 3.52. The summed E-state index contributed by atoms with van der Waals surface area (Å²) in [7, 11) is 3.83. The maximum absolute atomic E-state index is 12.4. The van der Waals surface area contributed by atoms with Gasteiger partial charge in [-0.25, -0.2) is 4.98 Å². The second-order valence-corrected chi connectivity index (χ2v) is 6.75. The van der Waals surface area contributed by atoms with E-state index in [1.807, 2.05) is 52.0 Å². The lowest BCUT2D eigenvalue weighted by Crippen LogP contribution is -2.26. The molecule has 0 aromatic carbocycles. The Labute approximate surface area is 132 Å². The Bertz CT molecular complexity index is 891. The van der Waals surface area contributed by atoms with E-state index in [4.69, 9.17) is 0 Å². The minimum Gasteiger partial charge on any atom is -0.348 e. The second-order valence-electron chi connectivity index (χ2n) is 5.55. The van der Waals surface area contributed by atoms with Crippen molar-refractivity contribution in [1.29, 1.82) is 0 Å². The lowest BCUT2D eigenvalue weighted by Gasteiger charge is -2.23. The molecule has 0 radical (unpaired) electrons. The lowest BCUT2D eigenvalue weighted by molar-refractivity contribution is 0.664. The van der Waals surface area contributed by atoms with Crippen molar-refractivity contribution >= 4 is 27.4 Å². The zero-order chi connectivity index (χ0) is 16.0. The van der Waals surface area contributed by atoms with Crippen molar-refractivity contribution in [3.05, 3.63) is 38.9 Å². The average Bonchev–Trinajstić information content (AvgIpc) is 3.02. The average molecular weight is 317 g/mol. The summed E-state index contributed by atoms with van der Waals surface area (Å²) in [6.45, 7) is 5.99. The number of thiophene rings is 1. The third kappa shape index (κ3) is 2.31. The number of nitrogens with zero attached hydrogens (tertiary/aromatic N) is 4. The molecule has 3 rings (SSSR count). The van der Waals surface area contributed by atoms with Crippen LogP contribution in [0.1, 0.15) is 29.2 Å². The van der Waals surface area contributed by atoms with Gasteiger partial charge >= 0.3 is 0 Å². The van der Waals surface area contributed by atoms with E-state index in [0.717, 1.165) is 21.1 Å². The standard InChI is InChI=1S/C15H19N5OS/c1-8-10(3)22-15-12(8)14(21)16-13(17-15)9(2)20(5)11-6-7-19(4)18-11/h6-7,9H,1-5H3,(H,16,17,21). The number of anilines is 1. The van der Waals surface area contributed by atoms with Gasteiger partial charge in [-0.15, -0.1) is 11.3 Å². The quantitative estimate of drug-likeness (QED) is 0.806. The number of aryl methyl sites for hydroxylation is 3. The minimum absolute atomic E-state index is 0.0666. The normalized spacial score (nSPS) is 12.8. The molecule has 3 heterocycles. The topological polar surface area (TPSA) is 66.8 Å². The molecule has 0 saturated heterocycles. The molecule has 116 valence electrons. The summed E-state index contributed by atoms with van der Waals surface area (Å²) >= 11 is 1.57. The molecule has 1 unspecified atom stereocenters. The maximum Gasteiger partial charge on any atom is 0.259 e. The summed E-state index contributed by atoms with van der Waals surface area (Å²) in [5, 5.41) is 5.09. The van der Waals surface area contributed by atoms with Crippen molar-refractivity contribution in [2.75, 3.05) is 11.9 Å². The first kappa shape index (κ1) is 14.8. The molecule has 0 aliphatic heterocycles. The van der Waals surface area contributed by atoms with Crippen LogP contribution < -0.4 is 10.5 Å². The first-order valence-electron chi connectivity index (χ1n) is 7.11. The van der Waals surface area contributed by atoms with Gasteiger partial charge < -0.3 is 9.88 Å². The molecular weight excluding hydrogens is 298 g/mol. The molecule has 0 spiro atoms. The largest absolute Gasteiger partial charge is 0.348 e. The van der Waals surface area contributed by atoms with Crippen molar-refractivity contribution in [3.63, 3.8) is 0 Å². The number of nitrogens with one attached hydrogen (secondary N) is 1. The van der Waals surface area contributed by atoms with Gasteiger partial charge in [0.1, 0.15) is 10.7 Å². The van der Waals surface area contributed by atoms with E-state index in [1.165, 1.54) is 0 Å². The highest BCUT2D eigenvalue weighted by molar-refractivity contribution is 7.18. The molecule has 1 atom stereocenters. The number of fused-ring (bicyclic) bond motifs is 1. The van der Waals surface area contributed by atoms with Crippen LogP contribution >= 0.6 is 11.3 Å². The monoisotopic (exact) mass is 317 g/mol. The third-order valence-corrected chi connectivity index (χ3v) is 5.20. The van der Waals surface area contributed by atoms with Gasteiger partial charge in [-0.1, -0.05) is 0 Å². The van der Waals surface area contributed by atoms with Crippen molar-refractivity contribution in [1.82, 2.24) is 19.7 Å². The fourth-order valence-corrected chi connectivity index (χ4v) is 3.48. The summed E-state index contributed by atoms with van der Waals surface area (Å²) in [6, 6.07) is 1.86. The van der Waals surface area contributed by atoms with Crippen LogP contribution in [0.5, 0.6) is 0 Å². The SMILES string of the molecule is Cc1sc2nc(C(C)N(C)c3ccn(C)n3)[nH]c(=O)c2c1C. The van der Waals surface area contributed by atoms with Crippen molar-refractivity contribution in [2.45, 2.75) is 26.8 Å². The van der Waals surface area contributed by atoms with E-state index >= 15 is 0 Å². The number of H-pyrrole nitrogens is 1. The van der Waals surface area contributed by atoms with Crippen LogP contribution in [0.2, 0.25) is 0 Å². The molecule has 0 fully saturated rings. The van der Waals surface area contributed by atoms with Crippen LogP contribution in [0.25, 0.3) is 10.2 Å². The molecule has 3 aromatic heterocycles. The van der Waals surface area contributed by atoms with Crippen LogP contribution in [0.15, 0.2) is 17.1 Å². The van der Waals surface area contributed by atoms with E-state index in [0.29, 0.717) is 11.2 Å². The molecular formula is C15H19N5OS. The van der Waals surface area contributed by atoms with E-state index in [1.54, 1.807) is 16.0 Å². The highest BCUT2D eigenvalue weighted by Crippen LogP contribution is 2.28. The molecule has 0 aliphatic rings. The molecule has 22 heavy (non-hydrogen) atoms. The first-order chi connectivity index (χ1) is 10.4. The van der Waals surface area contributed by atoms with Crippen LogP contribution in [0, 0.1) is 13.8 Å². The van der Waals surface area contributed by atoms with Crippen molar-refractivity contribution in [2.24, 2.45) is 7.05 Å². The Balaban J connectivity index is 2.04. The Morgan fingerprint density at radius 2 is 2.14 bits per heavy atom. The van der Waals surface area contributed by atoms with E-state index < -0.39 is 0 Å². The first-order valence-corrected chi connectivity index (χ1v) is 7.92. The smallest absolute Gasteiger partial charge is 0.259 e. The summed E-state index contributed by atoms with van der Waals surface area (Å²) in [5.74, 6) is 1.50. The van der Waals surface area contributed by atoms with Gasteiger partial charge in [0.15, 0.2) is 5.82 Å². The molecule has 0 aliphatic carbocycles. The predicted molar refractivity (Wildman–Crippen MR) is 89.7 cm³/mol. The molecule has 7 heteroatoms. The van der Waals surface area contributed by atoms with E-state index in [2.05, 4.69) is 15.1 Å². The molecule has 0 bridgehead atoms. The van der Waals surface area contributed by atoms with Crippen LogP contribution in [0.3, 0.4) is 0 Å². The number of hydrogen-bond acceptors (Lipinski definition) is 5. The fourth-order valence-electron chi connectivity index (χ4n) is 2.44. The highest BCUT2D eigenvalue weighted by atomic mass is 32.1. The molecule has 1 N–H and O–H groups in total.